The van der Waals surface area contributed by atoms with Gasteiger partial charge in [-0.2, -0.15) is 0 Å². The molecule has 190 valence electrons. The van der Waals surface area contributed by atoms with Gasteiger partial charge < -0.3 is 25.7 Å². The lowest BCUT2D eigenvalue weighted by molar-refractivity contribution is 0.0779. The molecule has 1 aliphatic rings. The maximum Gasteiger partial charge on any atom is 0.290 e. The molecule has 36 heavy (non-hydrogen) atoms. The third kappa shape index (κ3) is 4.99. The van der Waals surface area contributed by atoms with E-state index in [1.54, 1.807) is 11.0 Å². The van der Waals surface area contributed by atoms with Gasteiger partial charge in [0.2, 0.25) is 0 Å². The predicted molar refractivity (Wildman–Crippen MR) is 138 cm³/mol. The molecule has 0 saturated carbocycles. The van der Waals surface area contributed by atoms with Crippen LogP contribution in [-0.4, -0.2) is 50.5 Å². The lowest BCUT2D eigenvalue weighted by Gasteiger charge is -2.22. The average molecular weight is 494 g/mol. The van der Waals surface area contributed by atoms with E-state index in [2.05, 4.69) is 15.7 Å². The molecule has 2 atom stereocenters. The Morgan fingerprint density at radius 2 is 1.89 bits per heavy atom. The summed E-state index contributed by atoms with van der Waals surface area (Å²) >= 11 is 0. The minimum atomic E-state index is -0.513. The topological polar surface area (TPSA) is 140 Å². The van der Waals surface area contributed by atoms with Crippen molar-refractivity contribution in [3.8, 4) is 5.75 Å². The summed E-state index contributed by atoms with van der Waals surface area (Å²) in [4.78, 5) is 40.6. The molecule has 0 radical (unpaired) electrons. The summed E-state index contributed by atoms with van der Waals surface area (Å²) in [6, 6.07) is 14.0. The van der Waals surface area contributed by atoms with Crippen molar-refractivity contribution in [3.05, 3.63) is 80.4 Å². The fourth-order valence-electron chi connectivity index (χ4n) is 4.47. The van der Waals surface area contributed by atoms with E-state index < -0.39 is 11.1 Å². The highest BCUT2D eigenvalue weighted by molar-refractivity contribution is 5.99. The maximum absolute atomic E-state index is 13.1. The molecule has 1 saturated heterocycles. The number of rotatable bonds is 8. The number of benzene rings is 2. The van der Waals surface area contributed by atoms with Crippen LogP contribution >= 0.6 is 0 Å². The van der Waals surface area contributed by atoms with Gasteiger partial charge in [0.15, 0.2) is 5.75 Å². The van der Waals surface area contributed by atoms with E-state index in [9.17, 15) is 24.6 Å². The zero-order valence-electron chi connectivity index (χ0n) is 20.3. The van der Waals surface area contributed by atoms with Gasteiger partial charge in [0, 0.05) is 32.7 Å². The smallest absolute Gasteiger partial charge is 0.290 e. The number of aromatic amines is 1. The molecule has 0 aliphatic carbocycles. The van der Waals surface area contributed by atoms with Gasteiger partial charge in [0.05, 0.1) is 17.3 Å². The van der Waals surface area contributed by atoms with Crippen molar-refractivity contribution >= 4 is 23.0 Å². The van der Waals surface area contributed by atoms with Crippen molar-refractivity contribution in [2.75, 3.05) is 30.3 Å². The Kier molecular flexibility index (Phi) is 7.44. The lowest BCUT2D eigenvalue weighted by atomic mass is 10.0. The second-order valence-electron chi connectivity index (χ2n) is 8.99. The summed E-state index contributed by atoms with van der Waals surface area (Å²) in [7, 11) is 1.43. The van der Waals surface area contributed by atoms with E-state index in [4.69, 9.17) is 0 Å². The fourth-order valence-corrected chi connectivity index (χ4v) is 4.47. The first-order valence-corrected chi connectivity index (χ1v) is 12.0. The highest BCUT2D eigenvalue weighted by atomic mass is 16.3. The van der Waals surface area contributed by atoms with E-state index in [0.29, 0.717) is 25.9 Å². The van der Waals surface area contributed by atoms with Gasteiger partial charge >= 0.3 is 0 Å². The third-order valence-electron chi connectivity index (χ3n) is 6.55. The molecule has 10 nitrogen and oxygen atoms in total. The molecule has 3 aromatic rings. The second kappa shape index (κ2) is 10.7. The molecule has 10 heteroatoms. The average Bonchev–Trinajstić information content (AvgIpc) is 3.37. The van der Waals surface area contributed by atoms with Crippen LogP contribution in [0.15, 0.2) is 58.1 Å². The number of hydrogen-bond acceptors (Lipinski definition) is 7. The standard InChI is InChI=1S/C26H31N5O5/c1-3-19(17-8-5-4-6-9-17)27-21-22(26(36)30(2)29-24(21)34)28-20-11-7-10-18(23(20)33)25(35)31-13-12-16(14-31)15-32/h4-11,16,19,27-28,32-33H,3,12-15H2,1-2H3,(H,29,34)/t16-,19+/m0/s1. The molecule has 5 N–H and O–H groups in total. The molecule has 1 fully saturated rings. The Bertz CT molecular complexity index is 1350. The fraction of sp³-hybridized carbons (Fsp3) is 0.346. The van der Waals surface area contributed by atoms with Gasteiger partial charge in [0.25, 0.3) is 17.0 Å². The van der Waals surface area contributed by atoms with E-state index >= 15 is 0 Å². The van der Waals surface area contributed by atoms with Crippen molar-refractivity contribution in [2.45, 2.75) is 25.8 Å². The summed E-state index contributed by atoms with van der Waals surface area (Å²) in [5.74, 6) is -0.668. The quantitative estimate of drug-likeness (QED) is 0.304. The molecule has 0 bridgehead atoms. The van der Waals surface area contributed by atoms with Crippen molar-refractivity contribution < 1.29 is 15.0 Å². The van der Waals surface area contributed by atoms with Gasteiger partial charge in [-0.3, -0.25) is 24.2 Å². The van der Waals surface area contributed by atoms with E-state index in [-0.39, 0.29) is 52.8 Å². The highest BCUT2D eigenvalue weighted by Gasteiger charge is 2.29. The van der Waals surface area contributed by atoms with Crippen LogP contribution in [0.2, 0.25) is 0 Å². The Balaban J connectivity index is 1.69. The number of H-pyrrole nitrogens is 1. The molecule has 1 amide bonds. The summed E-state index contributed by atoms with van der Waals surface area (Å²) in [5.41, 5.74) is 0.123. The Morgan fingerprint density at radius 3 is 2.56 bits per heavy atom. The van der Waals surface area contributed by atoms with Crippen LogP contribution in [0.3, 0.4) is 0 Å². The summed E-state index contributed by atoms with van der Waals surface area (Å²) in [6.07, 6.45) is 1.34. The van der Waals surface area contributed by atoms with Crippen molar-refractivity contribution in [3.63, 3.8) is 0 Å². The maximum atomic E-state index is 13.1. The number of hydrogen-bond donors (Lipinski definition) is 5. The molecular formula is C26H31N5O5. The Morgan fingerprint density at radius 1 is 1.14 bits per heavy atom. The number of anilines is 3. The molecule has 4 rings (SSSR count). The molecule has 1 aromatic heterocycles. The van der Waals surface area contributed by atoms with Crippen LogP contribution in [0.1, 0.15) is 41.7 Å². The SMILES string of the molecule is CC[C@@H](Nc1c(Nc2cccc(C(=O)N3CC[C@H](CO)C3)c2O)c(=O)n(C)[nH]c1=O)c1ccccc1. The molecular weight excluding hydrogens is 462 g/mol. The zero-order valence-corrected chi connectivity index (χ0v) is 20.3. The predicted octanol–water partition coefficient (Wildman–Crippen LogP) is 2.54. The van der Waals surface area contributed by atoms with Crippen molar-refractivity contribution in [2.24, 2.45) is 13.0 Å². The molecule has 0 spiro atoms. The van der Waals surface area contributed by atoms with Gasteiger partial charge in [-0.1, -0.05) is 43.3 Å². The van der Waals surface area contributed by atoms with Gasteiger partial charge in [0.1, 0.15) is 11.4 Å². The van der Waals surface area contributed by atoms with E-state index in [1.807, 2.05) is 37.3 Å². The number of carbonyl (C=O) groups excluding carboxylic acids is 1. The number of aliphatic hydroxyl groups is 1. The number of amides is 1. The Hall–Kier alpha value is -4.05. The molecule has 0 unspecified atom stereocenters. The van der Waals surface area contributed by atoms with Crippen LogP contribution in [0, 0.1) is 5.92 Å². The van der Waals surface area contributed by atoms with Crippen LogP contribution in [0.4, 0.5) is 17.1 Å². The van der Waals surface area contributed by atoms with Crippen LogP contribution in [-0.2, 0) is 7.05 Å². The lowest BCUT2D eigenvalue weighted by Crippen LogP contribution is -2.32. The van der Waals surface area contributed by atoms with Crippen LogP contribution in [0.5, 0.6) is 5.75 Å². The van der Waals surface area contributed by atoms with Crippen LogP contribution < -0.4 is 21.8 Å². The summed E-state index contributed by atoms with van der Waals surface area (Å²) in [5, 5.41) is 28.9. The minimum Gasteiger partial charge on any atom is -0.505 e. The number of aliphatic hydroxyl groups excluding tert-OH is 1. The molecule has 2 heterocycles. The van der Waals surface area contributed by atoms with Gasteiger partial charge in [-0.05, 0) is 30.5 Å². The minimum absolute atomic E-state index is 0.000712. The Labute approximate surface area is 208 Å². The third-order valence-corrected chi connectivity index (χ3v) is 6.55. The number of carbonyl (C=O) groups is 1. The summed E-state index contributed by atoms with van der Waals surface area (Å²) < 4.78 is 1.06. The number of aromatic hydroxyl groups is 1. The highest BCUT2D eigenvalue weighted by Crippen LogP contribution is 2.33. The zero-order chi connectivity index (χ0) is 25.8. The largest absolute Gasteiger partial charge is 0.505 e. The number of phenolic OH excluding ortho intramolecular Hbond substituents is 1. The molecule has 1 aliphatic heterocycles. The normalized spacial score (nSPS) is 16.1. The number of aromatic nitrogens is 2. The number of likely N-dealkylation sites (tertiary alicyclic amines) is 1. The summed E-state index contributed by atoms with van der Waals surface area (Å²) in [6.45, 7) is 2.86. The first-order valence-electron chi connectivity index (χ1n) is 12.0. The first-order chi connectivity index (χ1) is 17.3. The van der Waals surface area contributed by atoms with Crippen molar-refractivity contribution in [1.29, 1.82) is 0 Å². The van der Waals surface area contributed by atoms with Crippen LogP contribution in [0.25, 0.3) is 0 Å². The second-order valence-corrected chi connectivity index (χ2v) is 8.99. The van der Waals surface area contributed by atoms with E-state index in [0.717, 1.165) is 10.2 Å². The molecule has 2 aromatic carbocycles. The van der Waals surface area contributed by atoms with Gasteiger partial charge in [-0.15, -0.1) is 0 Å². The number of nitrogens with one attached hydrogen (secondary N) is 3. The monoisotopic (exact) mass is 493 g/mol. The van der Waals surface area contributed by atoms with Crippen molar-refractivity contribution in [1.82, 2.24) is 14.7 Å². The number of phenols is 1. The number of nitrogens with zero attached hydrogens (tertiary/aromatic N) is 2. The van der Waals surface area contributed by atoms with Gasteiger partial charge in [-0.25, -0.2) is 0 Å². The van der Waals surface area contributed by atoms with E-state index in [1.165, 1.54) is 19.2 Å². The number of aryl methyl sites for hydroxylation is 1. The first kappa shape index (κ1) is 25.1. The number of para-hydroxylation sites is 1.